The van der Waals surface area contributed by atoms with Crippen molar-refractivity contribution in [3.8, 4) is 6.07 Å². The molecule has 0 radical (unpaired) electrons. The van der Waals surface area contributed by atoms with Gasteiger partial charge in [0, 0.05) is 18.5 Å². The molecule has 3 heteroatoms. The summed E-state index contributed by atoms with van der Waals surface area (Å²) in [6.07, 6.45) is 6.08. The zero-order chi connectivity index (χ0) is 14.2. The average Bonchev–Trinajstić information content (AvgIpc) is 2.41. The van der Waals surface area contributed by atoms with E-state index in [-0.39, 0.29) is 0 Å². The van der Waals surface area contributed by atoms with Gasteiger partial charge < -0.3 is 10.0 Å². The van der Waals surface area contributed by atoms with Crippen LogP contribution in [0.3, 0.4) is 0 Å². The number of fused-ring (bicyclic) bond motifs is 2. The minimum Gasteiger partial charge on any atom is -0.389 e. The number of benzene rings is 1. The Hall–Kier alpha value is -1.37. The van der Waals surface area contributed by atoms with E-state index in [4.69, 9.17) is 5.26 Å². The van der Waals surface area contributed by atoms with E-state index in [2.05, 4.69) is 18.0 Å². The van der Waals surface area contributed by atoms with Gasteiger partial charge in [0.15, 0.2) is 0 Å². The molecule has 0 spiro atoms. The maximum atomic E-state index is 11.0. The number of rotatable bonds is 2. The smallest absolute Gasteiger partial charge is 0.0991 e. The molecule has 2 unspecified atom stereocenters. The van der Waals surface area contributed by atoms with Gasteiger partial charge >= 0.3 is 0 Å². The lowest BCUT2D eigenvalue weighted by Gasteiger charge is -2.50. The highest BCUT2D eigenvalue weighted by atomic mass is 16.3. The van der Waals surface area contributed by atoms with Crippen LogP contribution >= 0.6 is 0 Å². The minimum atomic E-state index is -0.601. The molecule has 2 heterocycles. The molecule has 2 bridgehead atoms. The third-order valence-corrected chi connectivity index (χ3v) is 5.05. The molecule has 0 amide bonds. The van der Waals surface area contributed by atoms with Gasteiger partial charge in [0.25, 0.3) is 0 Å². The van der Waals surface area contributed by atoms with Crippen molar-refractivity contribution in [2.45, 2.75) is 56.2 Å². The van der Waals surface area contributed by atoms with Gasteiger partial charge in [0.1, 0.15) is 0 Å². The molecule has 2 aliphatic rings. The van der Waals surface area contributed by atoms with E-state index in [1.807, 2.05) is 24.3 Å². The van der Waals surface area contributed by atoms with Crippen molar-refractivity contribution in [3.05, 3.63) is 35.4 Å². The lowest BCUT2D eigenvalue weighted by Crippen LogP contribution is -2.57. The molecule has 2 fully saturated rings. The summed E-state index contributed by atoms with van der Waals surface area (Å²) in [4.78, 5) is 2.46. The summed E-state index contributed by atoms with van der Waals surface area (Å²) in [7, 11) is 2.20. The van der Waals surface area contributed by atoms with Crippen LogP contribution in [0.5, 0.6) is 0 Å². The van der Waals surface area contributed by atoms with E-state index < -0.39 is 5.60 Å². The van der Waals surface area contributed by atoms with Gasteiger partial charge in [-0.15, -0.1) is 0 Å². The second-order valence-electron chi connectivity index (χ2n) is 6.53. The van der Waals surface area contributed by atoms with Crippen LogP contribution in [-0.4, -0.2) is 34.7 Å². The second kappa shape index (κ2) is 5.20. The maximum Gasteiger partial charge on any atom is 0.0991 e. The van der Waals surface area contributed by atoms with Crippen molar-refractivity contribution in [2.24, 2.45) is 0 Å². The Bertz CT molecular complexity index is 520. The van der Waals surface area contributed by atoms with Crippen LogP contribution < -0.4 is 0 Å². The van der Waals surface area contributed by atoms with E-state index in [0.29, 0.717) is 24.1 Å². The quantitative estimate of drug-likeness (QED) is 0.898. The van der Waals surface area contributed by atoms with Crippen LogP contribution in [0.2, 0.25) is 0 Å². The number of piperidine rings is 2. The van der Waals surface area contributed by atoms with Gasteiger partial charge in [-0.25, -0.2) is 0 Å². The summed E-state index contributed by atoms with van der Waals surface area (Å²) in [6, 6.07) is 10.9. The third-order valence-electron chi connectivity index (χ3n) is 5.05. The topological polar surface area (TPSA) is 47.3 Å². The maximum absolute atomic E-state index is 11.0. The van der Waals surface area contributed by atoms with Gasteiger partial charge in [-0.3, -0.25) is 0 Å². The van der Waals surface area contributed by atoms with E-state index >= 15 is 0 Å². The number of nitrogens with zero attached hydrogens (tertiary/aromatic N) is 2. The Kier molecular flexibility index (Phi) is 3.54. The largest absolute Gasteiger partial charge is 0.389 e. The average molecular weight is 270 g/mol. The third kappa shape index (κ3) is 2.59. The summed E-state index contributed by atoms with van der Waals surface area (Å²) in [5.41, 5.74) is 1.16. The zero-order valence-electron chi connectivity index (χ0n) is 12.0. The highest BCUT2D eigenvalue weighted by Crippen LogP contribution is 2.39. The Morgan fingerprint density at radius 3 is 2.70 bits per heavy atom. The second-order valence-corrected chi connectivity index (χ2v) is 6.53. The number of nitriles is 1. The number of aliphatic hydroxyl groups is 1. The Morgan fingerprint density at radius 2 is 2.05 bits per heavy atom. The molecule has 2 aliphatic heterocycles. The zero-order valence-corrected chi connectivity index (χ0v) is 12.0. The Balaban J connectivity index is 1.78. The molecule has 2 saturated heterocycles. The fourth-order valence-corrected chi connectivity index (χ4v) is 4.02. The molecule has 2 atom stereocenters. The molecule has 1 aromatic carbocycles. The first-order valence-corrected chi connectivity index (χ1v) is 7.53. The molecule has 3 rings (SSSR count). The van der Waals surface area contributed by atoms with Crippen LogP contribution in [0.1, 0.15) is 43.2 Å². The Morgan fingerprint density at radius 1 is 1.35 bits per heavy atom. The van der Waals surface area contributed by atoms with Crippen LogP contribution in [0, 0.1) is 11.3 Å². The molecule has 106 valence electrons. The molecule has 3 nitrogen and oxygen atoms in total. The SMILES string of the molecule is CN1C2CCCC1CC(O)(Cc1cccc(C#N)c1)C2. The summed E-state index contributed by atoms with van der Waals surface area (Å²) in [5, 5.41) is 20.0. The van der Waals surface area contributed by atoms with Crippen LogP contribution in [0.4, 0.5) is 0 Å². The van der Waals surface area contributed by atoms with E-state index in [9.17, 15) is 5.11 Å². The molecule has 20 heavy (non-hydrogen) atoms. The number of hydrogen-bond acceptors (Lipinski definition) is 3. The van der Waals surface area contributed by atoms with Gasteiger partial charge in [0.2, 0.25) is 0 Å². The van der Waals surface area contributed by atoms with E-state index in [0.717, 1.165) is 18.4 Å². The first kappa shape index (κ1) is 13.6. The molecule has 1 aromatic rings. The van der Waals surface area contributed by atoms with Crippen molar-refractivity contribution < 1.29 is 5.11 Å². The summed E-state index contributed by atoms with van der Waals surface area (Å²) in [6.45, 7) is 0. The fraction of sp³-hybridized carbons (Fsp3) is 0.588. The molecule has 0 aliphatic carbocycles. The first-order valence-electron chi connectivity index (χ1n) is 7.53. The van der Waals surface area contributed by atoms with E-state index in [1.54, 1.807) is 0 Å². The molecule has 0 saturated carbocycles. The normalized spacial score (nSPS) is 33.6. The first-order chi connectivity index (χ1) is 9.59. The van der Waals surface area contributed by atoms with Crippen molar-refractivity contribution >= 4 is 0 Å². The van der Waals surface area contributed by atoms with Crippen molar-refractivity contribution in [1.82, 2.24) is 4.90 Å². The molecular formula is C17H22N2O. The predicted octanol–water partition coefficient (Wildman–Crippen LogP) is 2.48. The van der Waals surface area contributed by atoms with Gasteiger partial charge in [-0.1, -0.05) is 18.6 Å². The lowest BCUT2D eigenvalue weighted by atomic mass is 9.73. The molecule has 0 aromatic heterocycles. The van der Waals surface area contributed by atoms with Crippen molar-refractivity contribution in [1.29, 1.82) is 5.26 Å². The molecular weight excluding hydrogens is 248 g/mol. The van der Waals surface area contributed by atoms with Crippen molar-refractivity contribution in [3.63, 3.8) is 0 Å². The predicted molar refractivity (Wildman–Crippen MR) is 78.2 cm³/mol. The van der Waals surface area contributed by atoms with Crippen LogP contribution in [0.25, 0.3) is 0 Å². The van der Waals surface area contributed by atoms with Crippen LogP contribution in [0.15, 0.2) is 24.3 Å². The van der Waals surface area contributed by atoms with Crippen LogP contribution in [-0.2, 0) is 6.42 Å². The summed E-state index contributed by atoms with van der Waals surface area (Å²) in [5.74, 6) is 0. The highest BCUT2D eigenvalue weighted by Gasteiger charge is 2.43. The monoisotopic (exact) mass is 270 g/mol. The van der Waals surface area contributed by atoms with Gasteiger partial charge in [-0.2, -0.15) is 5.26 Å². The number of hydrogen-bond donors (Lipinski definition) is 1. The highest BCUT2D eigenvalue weighted by molar-refractivity contribution is 5.33. The van der Waals surface area contributed by atoms with Crippen molar-refractivity contribution in [2.75, 3.05) is 7.05 Å². The van der Waals surface area contributed by atoms with E-state index in [1.165, 1.54) is 19.3 Å². The fourth-order valence-electron chi connectivity index (χ4n) is 4.02. The molecule has 1 N–H and O–H groups in total. The van der Waals surface area contributed by atoms with Gasteiger partial charge in [0.05, 0.1) is 17.2 Å². The minimum absolute atomic E-state index is 0.520. The standard InChI is InChI=1S/C17H22N2O/c1-19-15-6-3-7-16(19)11-17(20,10-15)9-13-4-2-5-14(8-13)12-18/h2,4-5,8,15-16,20H,3,6-7,9-11H2,1H3. The summed E-state index contributed by atoms with van der Waals surface area (Å²) < 4.78 is 0. The Labute approximate surface area is 120 Å². The lowest BCUT2D eigenvalue weighted by molar-refractivity contribution is -0.0820. The van der Waals surface area contributed by atoms with Gasteiger partial charge in [-0.05, 0) is 50.4 Å². The summed E-state index contributed by atoms with van der Waals surface area (Å²) >= 11 is 0.